The van der Waals surface area contributed by atoms with Gasteiger partial charge in [0.15, 0.2) is 11.3 Å². The third kappa shape index (κ3) is 4.95. The fraction of sp³-hybridized carbons (Fsp3) is 0.105. The number of rotatable bonds is 5. The molecule has 27 heavy (non-hydrogen) atoms. The minimum Gasteiger partial charge on any atom is -0.479 e. The molecule has 1 saturated heterocycles. The summed E-state index contributed by atoms with van der Waals surface area (Å²) in [5, 5.41) is 11.9. The van der Waals surface area contributed by atoms with Gasteiger partial charge in [-0.2, -0.15) is 0 Å². The largest absolute Gasteiger partial charge is 0.479 e. The summed E-state index contributed by atoms with van der Waals surface area (Å²) in [4.78, 5) is 27.6. The summed E-state index contributed by atoms with van der Waals surface area (Å²) in [5.41, 5.74) is 1.29. The van der Waals surface area contributed by atoms with E-state index in [1.165, 1.54) is 43.0 Å². The van der Waals surface area contributed by atoms with E-state index in [0.29, 0.717) is 21.5 Å². The van der Waals surface area contributed by atoms with Crippen molar-refractivity contribution in [3.63, 3.8) is 0 Å². The van der Waals surface area contributed by atoms with Gasteiger partial charge in [-0.1, -0.05) is 12.1 Å². The van der Waals surface area contributed by atoms with Gasteiger partial charge in [-0.3, -0.25) is 4.79 Å². The zero-order valence-corrected chi connectivity index (χ0v) is 15.0. The lowest BCUT2D eigenvalue weighted by Gasteiger charge is -2.10. The van der Waals surface area contributed by atoms with Gasteiger partial charge in [-0.25, -0.2) is 14.2 Å². The van der Waals surface area contributed by atoms with Crippen LogP contribution in [-0.4, -0.2) is 28.3 Å². The number of carbonyl (C=O) groups is 2. The summed E-state index contributed by atoms with van der Waals surface area (Å²) in [6, 6.07) is 12.4. The van der Waals surface area contributed by atoms with E-state index in [1.54, 1.807) is 30.3 Å². The van der Waals surface area contributed by atoms with Gasteiger partial charge in [0.05, 0.1) is 10.6 Å². The minimum absolute atomic E-state index is 0.277. The first-order valence-corrected chi connectivity index (χ1v) is 8.77. The number of amidine groups is 1. The minimum atomic E-state index is -1.05. The Bertz CT molecular complexity index is 924. The highest BCUT2D eigenvalue weighted by molar-refractivity contribution is 8.18. The standard InChI is InChI=1S/C19H15FN2O4S/c1-11(18(24)25)26-15-8-2-12(3-9-15)10-16-17(23)22-19(27-16)21-14-6-4-13(20)5-7-14/h2-11H,1H3,(H,24,25)(H,21,22,23)/b16-10-/t11-/m0/s1. The monoisotopic (exact) mass is 386 g/mol. The molecule has 0 aliphatic carbocycles. The van der Waals surface area contributed by atoms with E-state index in [0.717, 1.165) is 5.56 Å². The number of carboxylic acids is 1. The summed E-state index contributed by atoms with van der Waals surface area (Å²) in [5.74, 6) is -1.25. The number of halogens is 1. The van der Waals surface area contributed by atoms with Crippen LogP contribution in [0.2, 0.25) is 0 Å². The number of amides is 1. The average Bonchev–Trinajstić information content (AvgIpc) is 2.97. The van der Waals surface area contributed by atoms with Gasteiger partial charge < -0.3 is 15.2 Å². The van der Waals surface area contributed by atoms with Crippen molar-refractivity contribution in [3.8, 4) is 5.75 Å². The zero-order chi connectivity index (χ0) is 19.4. The van der Waals surface area contributed by atoms with Crippen LogP contribution in [0.5, 0.6) is 5.75 Å². The first kappa shape index (κ1) is 18.7. The molecule has 2 N–H and O–H groups in total. The van der Waals surface area contributed by atoms with E-state index in [4.69, 9.17) is 9.84 Å². The second-order valence-electron chi connectivity index (χ2n) is 5.63. The van der Waals surface area contributed by atoms with Crippen molar-refractivity contribution in [1.82, 2.24) is 5.32 Å². The number of benzene rings is 2. The lowest BCUT2D eigenvalue weighted by molar-refractivity contribution is -0.144. The van der Waals surface area contributed by atoms with Crippen molar-refractivity contribution in [2.24, 2.45) is 4.99 Å². The predicted octanol–water partition coefficient (Wildman–Crippen LogP) is 3.57. The number of aliphatic carboxylic acids is 1. The Morgan fingerprint density at radius 2 is 1.89 bits per heavy atom. The molecule has 0 radical (unpaired) electrons. The lowest BCUT2D eigenvalue weighted by Crippen LogP contribution is -2.22. The van der Waals surface area contributed by atoms with Crippen LogP contribution >= 0.6 is 11.8 Å². The number of hydrogen-bond donors (Lipinski definition) is 2. The van der Waals surface area contributed by atoms with Crippen LogP contribution in [-0.2, 0) is 9.59 Å². The number of nitrogens with one attached hydrogen (secondary N) is 1. The van der Waals surface area contributed by atoms with Crippen molar-refractivity contribution < 1.29 is 23.8 Å². The number of carbonyl (C=O) groups excluding carboxylic acids is 1. The number of hydrogen-bond acceptors (Lipinski definition) is 5. The second-order valence-corrected chi connectivity index (χ2v) is 6.66. The summed E-state index contributed by atoms with van der Waals surface area (Å²) >= 11 is 1.18. The third-order valence-electron chi connectivity index (χ3n) is 3.55. The van der Waals surface area contributed by atoms with Crippen LogP contribution in [0.1, 0.15) is 12.5 Å². The highest BCUT2D eigenvalue weighted by Gasteiger charge is 2.23. The molecular weight excluding hydrogens is 371 g/mol. The van der Waals surface area contributed by atoms with E-state index in [9.17, 15) is 14.0 Å². The van der Waals surface area contributed by atoms with Crippen LogP contribution in [0, 0.1) is 5.82 Å². The molecule has 1 amide bonds. The van der Waals surface area contributed by atoms with E-state index in [2.05, 4.69) is 10.3 Å². The van der Waals surface area contributed by atoms with Crippen molar-refractivity contribution in [1.29, 1.82) is 0 Å². The molecule has 1 fully saturated rings. The molecule has 0 saturated carbocycles. The molecule has 1 aliphatic rings. The number of thioether (sulfide) groups is 1. The highest BCUT2D eigenvalue weighted by Crippen LogP contribution is 2.28. The molecule has 0 bridgehead atoms. The van der Waals surface area contributed by atoms with Crippen LogP contribution in [0.3, 0.4) is 0 Å². The Kier molecular flexibility index (Phi) is 5.56. The molecule has 6 nitrogen and oxygen atoms in total. The molecule has 8 heteroatoms. The predicted molar refractivity (Wildman–Crippen MR) is 101 cm³/mol. The topological polar surface area (TPSA) is 88.0 Å². The second kappa shape index (κ2) is 8.05. The molecule has 0 spiro atoms. The number of aliphatic imine (C=N–C) groups is 1. The van der Waals surface area contributed by atoms with Gasteiger partial charge in [-0.05, 0) is 66.7 Å². The van der Waals surface area contributed by atoms with Gasteiger partial charge in [0, 0.05) is 0 Å². The van der Waals surface area contributed by atoms with E-state index < -0.39 is 12.1 Å². The van der Waals surface area contributed by atoms with E-state index >= 15 is 0 Å². The van der Waals surface area contributed by atoms with Gasteiger partial charge in [0.1, 0.15) is 11.6 Å². The van der Waals surface area contributed by atoms with Crippen molar-refractivity contribution in [2.75, 3.05) is 0 Å². The van der Waals surface area contributed by atoms with Crippen LogP contribution in [0.4, 0.5) is 10.1 Å². The normalized spacial score (nSPS) is 17.8. The van der Waals surface area contributed by atoms with E-state index in [1.807, 2.05) is 0 Å². The Hall–Kier alpha value is -3.13. The molecule has 3 rings (SSSR count). The smallest absolute Gasteiger partial charge is 0.344 e. The maximum atomic E-state index is 12.9. The molecule has 1 atom stereocenters. The summed E-state index contributed by atoms with van der Waals surface area (Å²) in [6.07, 6.45) is 0.744. The molecule has 0 unspecified atom stereocenters. The molecule has 138 valence electrons. The van der Waals surface area contributed by atoms with Crippen molar-refractivity contribution >= 4 is 40.6 Å². The summed E-state index contributed by atoms with van der Waals surface area (Å²) < 4.78 is 18.2. The Morgan fingerprint density at radius 1 is 1.22 bits per heavy atom. The Balaban J connectivity index is 1.70. The number of carboxylic acid groups (broad SMARTS) is 1. The first-order valence-electron chi connectivity index (χ1n) is 7.95. The molecule has 1 aliphatic heterocycles. The van der Waals surface area contributed by atoms with Crippen LogP contribution in [0.25, 0.3) is 6.08 Å². The molecule has 1 heterocycles. The Morgan fingerprint density at radius 3 is 2.52 bits per heavy atom. The Labute approximate surface area is 158 Å². The van der Waals surface area contributed by atoms with Gasteiger partial charge >= 0.3 is 5.97 Å². The van der Waals surface area contributed by atoms with Gasteiger partial charge in [-0.15, -0.1) is 0 Å². The van der Waals surface area contributed by atoms with Gasteiger partial charge in [0.2, 0.25) is 0 Å². The van der Waals surface area contributed by atoms with Crippen molar-refractivity contribution in [3.05, 3.63) is 64.8 Å². The summed E-state index contributed by atoms with van der Waals surface area (Å²) in [6.45, 7) is 1.44. The molecule has 2 aromatic rings. The summed E-state index contributed by atoms with van der Waals surface area (Å²) in [7, 11) is 0. The SMILES string of the molecule is C[C@H](Oc1ccc(/C=C2\SC(=Nc3ccc(F)cc3)NC2=O)cc1)C(=O)O. The molecular formula is C19H15FN2O4S. The van der Waals surface area contributed by atoms with Crippen LogP contribution < -0.4 is 10.1 Å². The van der Waals surface area contributed by atoms with Crippen LogP contribution in [0.15, 0.2) is 58.4 Å². The van der Waals surface area contributed by atoms with Gasteiger partial charge in [0.25, 0.3) is 5.91 Å². The maximum absolute atomic E-state index is 12.9. The molecule has 2 aromatic carbocycles. The quantitative estimate of drug-likeness (QED) is 0.767. The third-order valence-corrected chi connectivity index (χ3v) is 4.46. The fourth-order valence-electron chi connectivity index (χ4n) is 2.16. The van der Waals surface area contributed by atoms with Crippen molar-refractivity contribution in [2.45, 2.75) is 13.0 Å². The number of nitrogens with zero attached hydrogens (tertiary/aromatic N) is 1. The average molecular weight is 386 g/mol. The molecule has 0 aromatic heterocycles. The first-order chi connectivity index (χ1) is 12.9. The zero-order valence-electron chi connectivity index (χ0n) is 14.2. The number of ether oxygens (including phenoxy) is 1. The highest BCUT2D eigenvalue weighted by atomic mass is 32.2. The fourth-order valence-corrected chi connectivity index (χ4v) is 3.00. The van der Waals surface area contributed by atoms with E-state index in [-0.39, 0.29) is 11.7 Å². The maximum Gasteiger partial charge on any atom is 0.344 e. The lowest BCUT2D eigenvalue weighted by atomic mass is 10.2.